The Hall–Kier alpha value is -0.650. The fraction of sp³-hybridized carbons (Fsp3) is 0.938. The van der Waals surface area contributed by atoms with Gasteiger partial charge >= 0.3 is 5.97 Å². The van der Waals surface area contributed by atoms with Crippen molar-refractivity contribution in [2.75, 3.05) is 26.4 Å². The number of rotatable bonds is 7. The predicted octanol–water partition coefficient (Wildman–Crippen LogP) is 2.02. The van der Waals surface area contributed by atoms with Gasteiger partial charge in [0.15, 0.2) is 0 Å². The summed E-state index contributed by atoms with van der Waals surface area (Å²) in [7, 11) is 0. The first-order valence-electron chi connectivity index (χ1n) is 8.32. The van der Waals surface area contributed by atoms with Crippen molar-refractivity contribution in [3.8, 4) is 0 Å². The first kappa shape index (κ1) is 16.7. The molecule has 5 heteroatoms. The molecular formula is C16H29NO4. The van der Waals surface area contributed by atoms with E-state index in [-0.39, 0.29) is 18.0 Å². The highest BCUT2D eigenvalue weighted by Gasteiger charge is 2.46. The van der Waals surface area contributed by atoms with Crippen LogP contribution in [0.3, 0.4) is 0 Å². The van der Waals surface area contributed by atoms with E-state index < -0.39 is 5.54 Å². The fourth-order valence-corrected chi connectivity index (χ4v) is 3.42. The number of hydrogen-bond donors (Lipinski definition) is 1. The molecule has 2 rings (SSSR count). The van der Waals surface area contributed by atoms with E-state index in [9.17, 15) is 4.79 Å². The van der Waals surface area contributed by atoms with Crippen LogP contribution in [0.25, 0.3) is 0 Å². The molecule has 0 amide bonds. The van der Waals surface area contributed by atoms with E-state index in [2.05, 4.69) is 0 Å². The highest BCUT2D eigenvalue weighted by atomic mass is 16.5. The summed E-state index contributed by atoms with van der Waals surface area (Å²) in [6.45, 7) is 4.36. The van der Waals surface area contributed by atoms with E-state index in [1.54, 1.807) is 0 Å². The van der Waals surface area contributed by atoms with Gasteiger partial charge in [0.25, 0.3) is 0 Å². The molecule has 1 saturated carbocycles. The molecule has 2 aliphatic rings. The van der Waals surface area contributed by atoms with Gasteiger partial charge in [-0.25, -0.2) is 0 Å². The molecule has 122 valence electrons. The fourth-order valence-electron chi connectivity index (χ4n) is 3.42. The van der Waals surface area contributed by atoms with Crippen molar-refractivity contribution in [1.29, 1.82) is 0 Å². The summed E-state index contributed by atoms with van der Waals surface area (Å²) in [4.78, 5) is 12.0. The van der Waals surface area contributed by atoms with Crippen LogP contribution >= 0.6 is 0 Å². The van der Waals surface area contributed by atoms with Crippen LogP contribution in [0.2, 0.25) is 0 Å². The summed E-state index contributed by atoms with van der Waals surface area (Å²) in [6.07, 6.45) is 7.25. The molecule has 0 spiro atoms. The van der Waals surface area contributed by atoms with Crippen LogP contribution in [0.15, 0.2) is 0 Å². The Labute approximate surface area is 127 Å². The smallest absolute Gasteiger partial charge is 0.326 e. The Morgan fingerprint density at radius 1 is 1.33 bits per heavy atom. The van der Waals surface area contributed by atoms with Crippen molar-refractivity contribution >= 4 is 5.97 Å². The Balaban J connectivity index is 1.70. The number of carbonyl (C=O) groups excluding carboxylic acids is 1. The first-order chi connectivity index (χ1) is 10.2. The molecule has 0 aromatic rings. The number of ether oxygens (including phenoxy) is 3. The number of nitrogens with two attached hydrogens (primary N) is 1. The maximum Gasteiger partial charge on any atom is 0.326 e. The normalized spacial score (nSPS) is 33.0. The topological polar surface area (TPSA) is 70.8 Å². The predicted molar refractivity (Wildman–Crippen MR) is 79.9 cm³/mol. The summed E-state index contributed by atoms with van der Waals surface area (Å²) in [6, 6.07) is 0. The van der Waals surface area contributed by atoms with Gasteiger partial charge in [-0.3, -0.25) is 4.79 Å². The summed E-state index contributed by atoms with van der Waals surface area (Å²) in [5.41, 5.74) is 5.50. The third-order valence-electron chi connectivity index (χ3n) is 4.72. The minimum absolute atomic E-state index is 0.170. The zero-order valence-electron chi connectivity index (χ0n) is 13.1. The summed E-state index contributed by atoms with van der Waals surface area (Å²) >= 11 is 0. The van der Waals surface area contributed by atoms with Crippen LogP contribution in [-0.2, 0) is 19.0 Å². The van der Waals surface area contributed by atoms with Crippen LogP contribution < -0.4 is 5.73 Å². The van der Waals surface area contributed by atoms with Gasteiger partial charge < -0.3 is 19.9 Å². The van der Waals surface area contributed by atoms with Gasteiger partial charge in [-0.05, 0) is 51.4 Å². The zero-order valence-corrected chi connectivity index (χ0v) is 13.1. The average Bonchev–Trinajstić information content (AvgIpc) is 2.87. The van der Waals surface area contributed by atoms with Crippen LogP contribution in [0, 0.1) is 5.92 Å². The van der Waals surface area contributed by atoms with E-state index in [0.717, 1.165) is 45.1 Å². The Kier molecular flexibility index (Phi) is 6.45. The lowest BCUT2D eigenvalue weighted by molar-refractivity contribution is -0.151. The average molecular weight is 299 g/mol. The summed E-state index contributed by atoms with van der Waals surface area (Å²) in [5.74, 6) is -0.0769. The molecule has 1 heterocycles. The summed E-state index contributed by atoms with van der Waals surface area (Å²) < 4.78 is 16.5. The molecule has 21 heavy (non-hydrogen) atoms. The molecule has 1 aliphatic heterocycles. The maximum atomic E-state index is 12.0. The van der Waals surface area contributed by atoms with E-state index >= 15 is 0 Å². The number of hydrogen-bond acceptors (Lipinski definition) is 5. The molecular weight excluding hydrogens is 270 g/mol. The third-order valence-corrected chi connectivity index (χ3v) is 4.72. The molecule has 2 N–H and O–H groups in total. The second-order valence-electron chi connectivity index (χ2n) is 6.20. The van der Waals surface area contributed by atoms with Crippen LogP contribution in [-0.4, -0.2) is 44.0 Å². The summed E-state index contributed by atoms with van der Waals surface area (Å²) in [5, 5.41) is 0. The molecule has 1 saturated heterocycles. The lowest BCUT2D eigenvalue weighted by Gasteiger charge is -2.29. The maximum absolute atomic E-state index is 12.0. The van der Waals surface area contributed by atoms with Crippen molar-refractivity contribution in [2.24, 2.45) is 11.7 Å². The molecule has 0 aromatic carbocycles. The molecule has 0 radical (unpaired) electrons. The Morgan fingerprint density at radius 3 is 2.90 bits per heavy atom. The van der Waals surface area contributed by atoms with Crippen LogP contribution in [0.5, 0.6) is 0 Å². The third kappa shape index (κ3) is 4.41. The lowest BCUT2D eigenvalue weighted by Crippen LogP contribution is -2.52. The second-order valence-corrected chi connectivity index (χ2v) is 6.20. The van der Waals surface area contributed by atoms with Gasteiger partial charge in [0.2, 0.25) is 0 Å². The molecule has 0 aromatic heterocycles. The quantitative estimate of drug-likeness (QED) is 0.575. The lowest BCUT2D eigenvalue weighted by atomic mass is 9.86. The minimum Gasteiger partial charge on any atom is -0.465 e. The Bertz CT molecular complexity index is 330. The molecule has 5 nitrogen and oxygen atoms in total. The van der Waals surface area contributed by atoms with Crippen LogP contribution in [0.1, 0.15) is 51.9 Å². The van der Waals surface area contributed by atoms with E-state index in [1.807, 2.05) is 6.92 Å². The van der Waals surface area contributed by atoms with Crippen molar-refractivity contribution in [1.82, 2.24) is 0 Å². The van der Waals surface area contributed by atoms with Gasteiger partial charge in [-0.15, -0.1) is 0 Å². The van der Waals surface area contributed by atoms with Gasteiger partial charge in [0.1, 0.15) is 5.54 Å². The standard InChI is InChI=1S/C16H29NO4/c1-2-20-15(18)16(17)9-5-6-13(16)8-11-19-12-14-7-3-4-10-21-14/h13-14H,2-12,17H2,1H3. The Morgan fingerprint density at radius 2 is 2.19 bits per heavy atom. The zero-order chi connectivity index (χ0) is 15.1. The molecule has 2 fully saturated rings. The highest BCUT2D eigenvalue weighted by molar-refractivity contribution is 5.81. The van der Waals surface area contributed by atoms with Crippen LogP contribution in [0.4, 0.5) is 0 Å². The highest BCUT2D eigenvalue weighted by Crippen LogP contribution is 2.37. The van der Waals surface area contributed by atoms with Crippen molar-refractivity contribution in [2.45, 2.75) is 63.5 Å². The minimum atomic E-state index is -0.805. The van der Waals surface area contributed by atoms with Crippen molar-refractivity contribution in [3.05, 3.63) is 0 Å². The van der Waals surface area contributed by atoms with Crippen molar-refractivity contribution < 1.29 is 19.0 Å². The monoisotopic (exact) mass is 299 g/mol. The molecule has 1 aliphatic carbocycles. The largest absolute Gasteiger partial charge is 0.465 e. The van der Waals surface area contributed by atoms with E-state index in [4.69, 9.17) is 19.9 Å². The van der Waals surface area contributed by atoms with Gasteiger partial charge in [0, 0.05) is 13.2 Å². The molecule has 0 bridgehead atoms. The first-order valence-corrected chi connectivity index (χ1v) is 8.32. The molecule has 3 unspecified atom stereocenters. The number of esters is 1. The van der Waals surface area contributed by atoms with E-state index in [0.29, 0.717) is 19.8 Å². The van der Waals surface area contributed by atoms with Gasteiger partial charge in [-0.1, -0.05) is 6.42 Å². The second kappa shape index (κ2) is 8.11. The molecule has 3 atom stereocenters. The van der Waals surface area contributed by atoms with Gasteiger partial charge in [-0.2, -0.15) is 0 Å². The van der Waals surface area contributed by atoms with E-state index in [1.165, 1.54) is 6.42 Å². The van der Waals surface area contributed by atoms with Gasteiger partial charge in [0.05, 0.1) is 19.3 Å². The SMILES string of the molecule is CCOC(=O)C1(N)CCCC1CCOCC1CCCCO1. The number of carbonyl (C=O) groups is 1. The van der Waals surface area contributed by atoms with Crippen molar-refractivity contribution in [3.63, 3.8) is 0 Å².